The molecule has 176 valence electrons. The molecule has 4 fully saturated rings. The zero-order valence-corrected chi connectivity index (χ0v) is 18.4. The summed E-state index contributed by atoms with van der Waals surface area (Å²) in [6, 6.07) is -1.44. The lowest BCUT2D eigenvalue weighted by Crippen LogP contribution is -2.50. The number of amides is 3. The van der Waals surface area contributed by atoms with Crippen molar-refractivity contribution in [3.05, 3.63) is 0 Å². The van der Waals surface area contributed by atoms with Crippen LogP contribution < -0.4 is 10.8 Å². The maximum atomic E-state index is 12.6. The summed E-state index contributed by atoms with van der Waals surface area (Å²) in [7, 11) is -4.81. The van der Waals surface area contributed by atoms with Crippen molar-refractivity contribution in [3.63, 3.8) is 0 Å². The highest BCUT2D eigenvalue weighted by Crippen LogP contribution is 2.30. The fourth-order valence-electron chi connectivity index (χ4n) is 4.98. The number of nitrogens with zero attached hydrogens (tertiary/aromatic N) is 3. The van der Waals surface area contributed by atoms with Crippen LogP contribution in [0.3, 0.4) is 0 Å². The number of likely N-dealkylation sites (tertiary alicyclic amines) is 1. The van der Waals surface area contributed by atoms with Gasteiger partial charge in [0.25, 0.3) is 5.91 Å². The van der Waals surface area contributed by atoms with E-state index in [0.717, 1.165) is 32.0 Å². The first-order chi connectivity index (χ1) is 14.7. The summed E-state index contributed by atoms with van der Waals surface area (Å²) in [5, 5.41) is 4.06. The van der Waals surface area contributed by atoms with Crippen LogP contribution in [0.4, 0.5) is 4.79 Å². The number of rotatable bonds is 7. The molecule has 0 aromatic rings. The SMILES string of the molecule is CC1CCN([C@@H]2CN[C@H](CONC(=O)[C@@H]3CC[C@@H]4CN3C(=O)N4OS(=O)(=O)O)C2)CC1. The van der Waals surface area contributed by atoms with Gasteiger partial charge < -0.3 is 10.2 Å². The molecule has 0 aromatic heterocycles. The van der Waals surface area contributed by atoms with Crippen LogP contribution in [0.2, 0.25) is 0 Å². The van der Waals surface area contributed by atoms with Crippen LogP contribution in [-0.4, -0.2) is 96.7 Å². The number of hydrogen-bond acceptors (Lipinski definition) is 8. The highest BCUT2D eigenvalue weighted by Gasteiger charge is 2.49. The van der Waals surface area contributed by atoms with Crippen LogP contribution >= 0.6 is 0 Å². The summed E-state index contributed by atoms with van der Waals surface area (Å²) in [5.74, 6) is 0.337. The van der Waals surface area contributed by atoms with E-state index >= 15 is 0 Å². The van der Waals surface area contributed by atoms with Crippen molar-refractivity contribution in [2.75, 3.05) is 32.8 Å². The van der Waals surface area contributed by atoms with Crippen molar-refractivity contribution in [3.8, 4) is 0 Å². The second-order valence-corrected chi connectivity index (χ2v) is 10.0. The van der Waals surface area contributed by atoms with E-state index in [1.165, 1.54) is 17.7 Å². The number of piperidine rings is 2. The predicted octanol–water partition coefficient (Wildman–Crippen LogP) is -0.500. The number of fused-ring (bicyclic) bond motifs is 2. The molecule has 0 aliphatic carbocycles. The van der Waals surface area contributed by atoms with Gasteiger partial charge in [0.1, 0.15) is 6.04 Å². The Bertz CT molecular complexity index is 788. The van der Waals surface area contributed by atoms with E-state index in [2.05, 4.69) is 26.9 Å². The van der Waals surface area contributed by atoms with Crippen molar-refractivity contribution < 1.29 is 31.7 Å². The molecule has 0 aromatic carbocycles. The molecule has 4 rings (SSSR count). The van der Waals surface area contributed by atoms with Crippen molar-refractivity contribution in [1.29, 1.82) is 0 Å². The molecule has 13 heteroatoms. The molecule has 3 amide bonds. The van der Waals surface area contributed by atoms with E-state index in [9.17, 15) is 18.0 Å². The van der Waals surface area contributed by atoms with Gasteiger partial charge in [0.15, 0.2) is 0 Å². The lowest BCUT2D eigenvalue weighted by molar-refractivity contribution is -0.139. The minimum Gasteiger partial charge on any atom is -0.310 e. The maximum absolute atomic E-state index is 12.6. The first-order valence-electron chi connectivity index (χ1n) is 10.9. The molecule has 4 atom stereocenters. The topological polar surface area (TPSA) is 141 Å². The largest absolute Gasteiger partial charge is 0.418 e. The summed E-state index contributed by atoms with van der Waals surface area (Å²) in [5.41, 5.74) is 2.43. The zero-order valence-electron chi connectivity index (χ0n) is 17.6. The fraction of sp³-hybridized carbons (Fsp3) is 0.889. The number of urea groups is 1. The number of hydroxylamine groups is 3. The molecular formula is C18H31N5O7S. The Balaban J connectivity index is 1.21. The van der Waals surface area contributed by atoms with Gasteiger partial charge in [-0.05, 0) is 51.1 Å². The summed E-state index contributed by atoms with van der Waals surface area (Å²) in [4.78, 5) is 34.1. The third kappa shape index (κ3) is 5.29. The van der Waals surface area contributed by atoms with Gasteiger partial charge in [-0.25, -0.2) is 10.3 Å². The summed E-state index contributed by atoms with van der Waals surface area (Å²) < 4.78 is 35.1. The van der Waals surface area contributed by atoms with Gasteiger partial charge in [-0.15, -0.1) is 4.28 Å². The van der Waals surface area contributed by atoms with Gasteiger partial charge in [0, 0.05) is 25.2 Å². The lowest BCUT2D eigenvalue weighted by atomic mass is 9.97. The predicted molar refractivity (Wildman–Crippen MR) is 108 cm³/mol. The van der Waals surface area contributed by atoms with Gasteiger partial charge in [-0.2, -0.15) is 13.5 Å². The Hall–Kier alpha value is -1.51. The molecule has 4 aliphatic rings. The minimum atomic E-state index is -4.81. The summed E-state index contributed by atoms with van der Waals surface area (Å²) >= 11 is 0. The van der Waals surface area contributed by atoms with E-state index in [1.54, 1.807) is 0 Å². The summed E-state index contributed by atoms with van der Waals surface area (Å²) in [6.07, 6.45) is 4.14. The van der Waals surface area contributed by atoms with Gasteiger partial charge in [-0.3, -0.25) is 19.1 Å². The second kappa shape index (κ2) is 9.16. The monoisotopic (exact) mass is 461 g/mol. The van der Waals surface area contributed by atoms with Gasteiger partial charge in [0.05, 0.1) is 12.6 Å². The quantitative estimate of drug-likeness (QED) is 0.338. The Morgan fingerprint density at radius 1 is 1.23 bits per heavy atom. The fourth-order valence-corrected chi connectivity index (χ4v) is 5.37. The van der Waals surface area contributed by atoms with Crippen LogP contribution in [0.1, 0.15) is 39.0 Å². The van der Waals surface area contributed by atoms with Gasteiger partial charge in [-0.1, -0.05) is 6.92 Å². The molecule has 4 saturated heterocycles. The molecular weight excluding hydrogens is 430 g/mol. The molecule has 12 nitrogen and oxygen atoms in total. The normalized spacial score (nSPS) is 32.6. The minimum absolute atomic E-state index is 0.146. The highest BCUT2D eigenvalue weighted by atomic mass is 32.3. The van der Waals surface area contributed by atoms with E-state index in [0.29, 0.717) is 30.6 Å². The third-order valence-electron chi connectivity index (χ3n) is 6.79. The number of carbonyl (C=O) groups excluding carboxylic acids is 2. The Kier molecular flexibility index (Phi) is 6.70. The Morgan fingerprint density at radius 2 is 1.97 bits per heavy atom. The molecule has 0 spiro atoms. The average molecular weight is 462 g/mol. The average Bonchev–Trinajstić information content (AvgIpc) is 3.27. The van der Waals surface area contributed by atoms with Gasteiger partial charge in [0.2, 0.25) is 0 Å². The molecule has 2 bridgehead atoms. The molecule has 3 N–H and O–H groups in total. The van der Waals surface area contributed by atoms with Crippen LogP contribution in [0.15, 0.2) is 0 Å². The Labute approximate surface area is 182 Å². The highest BCUT2D eigenvalue weighted by molar-refractivity contribution is 7.80. The number of carbonyl (C=O) groups is 2. The standard InChI is InChI=1S/C18H31N5O7S/c1-12-4-6-21(7-5-12)15-8-13(19-9-15)11-29-20-17(24)16-3-2-14-10-22(16)18(25)23(14)30-31(26,27)28/h12-16,19H,2-11H2,1H3,(H,20,24)(H,26,27,28)/t13-,14+,15-,16-/m0/s1. The first kappa shape index (κ1) is 22.7. The van der Waals surface area contributed by atoms with Crippen LogP contribution in [-0.2, 0) is 24.3 Å². The molecule has 4 heterocycles. The number of nitrogens with one attached hydrogen (secondary N) is 2. The zero-order chi connectivity index (χ0) is 22.2. The molecule has 0 unspecified atom stereocenters. The molecule has 0 radical (unpaired) electrons. The van der Waals surface area contributed by atoms with E-state index in [4.69, 9.17) is 9.39 Å². The lowest BCUT2D eigenvalue weighted by Gasteiger charge is -2.34. The van der Waals surface area contributed by atoms with Crippen molar-refractivity contribution >= 4 is 22.3 Å². The number of hydrogen-bond donors (Lipinski definition) is 3. The molecule has 4 aliphatic heterocycles. The van der Waals surface area contributed by atoms with Crippen molar-refractivity contribution in [1.82, 2.24) is 25.7 Å². The first-order valence-corrected chi connectivity index (χ1v) is 12.2. The summed E-state index contributed by atoms with van der Waals surface area (Å²) in [6.45, 7) is 5.93. The smallest absolute Gasteiger partial charge is 0.310 e. The third-order valence-corrected chi connectivity index (χ3v) is 7.14. The second-order valence-electron chi connectivity index (χ2n) is 9.00. The molecule has 31 heavy (non-hydrogen) atoms. The van der Waals surface area contributed by atoms with Crippen LogP contribution in [0, 0.1) is 5.92 Å². The van der Waals surface area contributed by atoms with E-state index in [-0.39, 0.29) is 12.6 Å². The van der Waals surface area contributed by atoms with E-state index < -0.39 is 34.4 Å². The van der Waals surface area contributed by atoms with Crippen LogP contribution in [0.5, 0.6) is 0 Å². The van der Waals surface area contributed by atoms with Crippen LogP contribution in [0.25, 0.3) is 0 Å². The maximum Gasteiger partial charge on any atom is 0.418 e. The molecule has 0 saturated carbocycles. The Morgan fingerprint density at radius 3 is 2.68 bits per heavy atom. The van der Waals surface area contributed by atoms with Gasteiger partial charge >= 0.3 is 16.4 Å². The van der Waals surface area contributed by atoms with Crippen molar-refractivity contribution in [2.24, 2.45) is 5.92 Å². The van der Waals surface area contributed by atoms with E-state index in [1.807, 2.05) is 0 Å². The van der Waals surface area contributed by atoms with Crippen molar-refractivity contribution in [2.45, 2.75) is 63.2 Å².